The lowest BCUT2D eigenvalue weighted by Crippen LogP contribution is -2.15. The lowest BCUT2D eigenvalue weighted by atomic mass is 10.1. The molecule has 8 heteroatoms. The molecule has 4 aromatic rings. The number of hydrogen-bond donors (Lipinski definition) is 1. The number of carbonyl (C=O) groups is 1. The zero-order valence-electron chi connectivity index (χ0n) is 13.8. The van der Waals surface area contributed by atoms with Crippen LogP contribution in [0.3, 0.4) is 0 Å². The Morgan fingerprint density at radius 1 is 1.27 bits per heavy atom. The maximum Gasteiger partial charge on any atom is 0.235 e. The Labute approximate surface area is 162 Å². The van der Waals surface area contributed by atoms with Gasteiger partial charge in [-0.3, -0.25) is 4.79 Å². The van der Waals surface area contributed by atoms with E-state index >= 15 is 0 Å². The molecule has 0 saturated carbocycles. The van der Waals surface area contributed by atoms with Gasteiger partial charge >= 0.3 is 0 Å². The maximum atomic E-state index is 12.3. The molecule has 5 rings (SSSR count). The molecule has 0 unspecified atom stereocenters. The topological polar surface area (TPSA) is 59.8 Å². The summed E-state index contributed by atoms with van der Waals surface area (Å²) in [5, 5.41) is 12.9. The van der Waals surface area contributed by atoms with Gasteiger partial charge in [0.05, 0.1) is 26.9 Å². The number of nitrogens with one attached hydrogen (secondary N) is 1. The summed E-state index contributed by atoms with van der Waals surface area (Å²) in [6.45, 7) is 2.00. The van der Waals surface area contributed by atoms with Crippen LogP contribution in [0.5, 0.6) is 0 Å². The first-order valence-electron chi connectivity index (χ1n) is 8.10. The van der Waals surface area contributed by atoms with Crippen molar-refractivity contribution in [3.63, 3.8) is 0 Å². The minimum absolute atomic E-state index is 0.00348. The summed E-state index contributed by atoms with van der Waals surface area (Å²) >= 11 is 4.89. The number of thiophene rings is 1. The van der Waals surface area contributed by atoms with Crippen LogP contribution in [0.1, 0.15) is 22.1 Å². The van der Waals surface area contributed by atoms with E-state index in [-0.39, 0.29) is 11.2 Å². The van der Waals surface area contributed by atoms with E-state index in [0.29, 0.717) is 5.75 Å². The van der Waals surface area contributed by atoms with Gasteiger partial charge in [-0.05, 0) is 41.4 Å². The van der Waals surface area contributed by atoms with Gasteiger partial charge in [-0.25, -0.2) is 4.98 Å². The molecule has 1 aliphatic rings. The minimum Gasteiger partial charge on any atom is -0.310 e. The van der Waals surface area contributed by atoms with Crippen LogP contribution in [0.15, 0.2) is 41.1 Å². The van der Waals surface area contributed by atoms with Crippen molar-refractivity contribution in [2.45, 2.75) is 12.2 Å². The summed E-state index contributed by atoms with van der Waals surface area (Å²) < 4.78 is 2.89. The van der Waals surface area contributed by atoms with Crippen LogP contribution in [0.2, 0.25) is 0 Å². The number of carbonyl (C=O) groups excluding carboxylic acids is 1. The maximum absolute atomic E-state index is 12.3. The first kappa shape index (κ1) is 16.0. The molecule has 1 aromatic carbocycles. The zero-order valence-corrected chi connectivity index (χ0v) is 16.3. The van der Waals surface area contributed by atoms with Crippen LogP contribution in [0.4, 0.5) is 5.82 Å². The SMILES string of the molecule is Cc1nn(-c2nc3ccccc3s2)c2c1[C@@H](c1ccsc1)SCC(=O)N2. The lowest BCUT2D eigenvalue weighted by molar-refractivity contribution is -0.113. The van der Waals surface area contributed by atoms with Crippen molar-refractivity contribution < 1.29 is 4.79 Å². The van der Waals surface area contributed by atoms with E-state index in [2.05, 4.69) is 22.1 Å². The Kier molecular flexibility index (Phi) is 3.84. The number of rotatable bonds is 2. The quantitative estimate of drug-likeness (QED) is 0.535. The second-order valence-electron chi connectivity index (χ2n) is 6.02. The number of thioether (sulfide) groups is 1. The van der Waals surface area contributed by atoms with Crippen molar-refractivity contribution in [1.29, 1.82) is 0 Å². The smallest absolute Gasteiger partial charge is 0.235 e. The normalized spacial score (nSPS) is 17.1. The average molecular weight is 399 g/mol. The van der Waals surface area contributed by atoms with Crippen LogP contribution in [-0.2, 0) is 4.79 Å². The van der Waals surface area contributed by atoms with Gasteiger partial charge in [0.2, 0.25) is 11.0 Å². The Balaban J connectivity index is 1.71. The number of amides is 1. The second-order valence-corrected chi connectivity index (χ2v) is 8.90. The molecular formula is C18H14N4OS3. The van der Waals surface area contributed by atoms with Crippen molar-refractivity contribution in [2.75, 3.05) is 11.1 Å². The number of nitrogens with zero attached hydrogens (tertiary/aromatic N) is 3. The molecule has 1 N–H and O–H groups in total. The number of fused-ring (bicyclic) bond motifs is 2. The molecule has 0 aliphatic carbocycles. The first-order chi connectivity index (χ1) is 12.7. The van der Waals surface area contributed by atoms with Gasteiger partial charge < -0.3 is 5.32 Å². The number of thiazole rings is 1. The minimum atomic E-state index is -0.00348. The van der Waals surface area contributed by atoms with E-state index < -0.39 is 0 Å². The van der Waals surface area contributed by atoms with E-state index in [9.17, 15) is 4.79 Å². The summed E-state index contributed by atoms with van der Waals surface area (Å²) in [6, 6.07) is 10.1. The number of aryl methyl sites for hydroxylation is 1. The third-order valence-corrected chi connectivity index (χ3v) is 7.30. The molecule has 3 aromatic heterocycles. The first-order valence-corrected chi connectivity index (χ1v) is 10.9. The molecule has 5 nitrogen and oxygen atoms in total. The highest BCUT2D eigenvalue weighted by molar-refractivity contribution is 8.00. The number of hydrogen-bond acceptors (Lipinski definition) is 6. The molecule has 0 radical (unpaired) electrons. The van der Waals surface area contributed by atoms with E-state index in [1.54, 1.807) is 39.1 Å². The summed E-state index contributed by atoms with van der Waals surface area (Å²) in [5.74, 6) is 1.16. The van der Waals surface area contributed by atoms with Crippen molar-refractivity contribution in [3.05, 3.63) is 57.9 Å². The standard InChI is InChI=1S/C18H14N4OS3/c1-10-15-16(11-6-7-24-8-11)25-9-14(23)20-17(15)22(21-10)18-19-12-4-2-3-5-13(12)26-18/h2-8,16H,9H2,1H3,(H,20,23)/t16-/m1/s1. The molecule has 26 heavy (non-hydrogen) atoms. The molecule has 1 aliphatic heterocycles. The van der Waals surface area contributed by atoms with E-state index in [1.165, 1.54) is 5.56 Å². The Hall–Kier alpha value is -2.16. The predicted octanol–water partition coefficient (Wildman–Crippen LogP) is 4.63. The molecule has 1 amide bonds. The van der Waals surface area contributed by atoms with Gasteiger partial charge in [-0.1, -0.05) is 23.5 Å². The zero-order chi connectivity index (χ0) is 17.7. The highest BCUT2D eigenvalue weighted by atomic mass is 32.2. The number of benzene rings is 1. The summed E-state index contributed by atoms with van der Waals surface area (Å²) in [4.78, 5) is 17.0. The van der Waals surface area contributed by atoms with E-state index in [0.717, 1.165) is 32.4 Å². The van der Waals surface area contributed by atoms with Crippen molar-refractivity contribution >= 4 is 56.4 Å². The molecule has 4 heterocycles. The predicted molar refractivity (Wildman–Crippen MR) is 109 cm³/mol. The van der Waals surface area contributed by atoms with Gasteiger partial charge in [-0.2, -0.15) is 21.1 Å². The van der Waals surface area contributed by atoms with Crippen LogP contribution >= 0.6 is 34.4 Å². The van der Waals surface area contributed by atoms with Crippen LogP contribution in [0.25, 0.3) is 15.3 Å². The summed E-state index contributed by atoms with van der Waals surface area (Å²) in [5.41, 5.74) is 4.14. The number of anilines is 1. The molecule has 130 valence electrons. The van der Waals surface area contributed by atoms with E-state index in [1.807, 2.05) is 31.2 Å². The third kappa shape index (κ3) is 2.56. The fourth-order valence-electron chi connectivity index (χ4n) is 3.16. The highest BCUT2D eigenvalue weighted by Crippen LogP contribution is 2.44. The Morgan fingerprint density at radius 3 is 2.96 bits per heavy atom. The molecule has 0 saturated heterocycles. The molecule has 0 bridgehead atoms. The van der Waals surface area contributed by atoms with Gasteiger partial charge in [-0.15, -0.1) is 11.8 Å². The third-order valence-electron chi connectivity index (χ3n) is 4.32. The average Bonchev–Trinajstić information content (AvgIpc) is 3.33. The van der Waals surface area contributed by atoms with Crippen LogP contribution in [0, 0.1) is 6.92 Å². The fourth-order valence-corrected chi connectivity index (χ4v) is 6.03. The van der Waals surface area contributed by atoms with Gasteiger partial charge in [0.1, 0.15) is 5.82 Å². The second kappa shape index (κ2) is 6.22. The van der Waals surface area contributed by atoms with Gasteiger partial charge in [0, 0.05) is 5.56 Å². The van der Waals surface area contributed by atoms with Crippen molar-refractivity contribution in [1.82, 2.24) is 14.8 Å². The van der Waals surface area contributed by atoms with Gasteiger partial charge in [0.25, 0.3) is 0 Å². The monoisotopic (exact) mass is 398 g/mol. The van der Waals surface area contributed by atoms with Crippen LogP contribution < -0.4 is 5.32 Å². The largest absolute Gasteiger partial charge is 0.310 e. The molecule has 1 atom stereocenters. The lowest BCUT2D eigenvalue weighted by Gasteiger charge is -2.13. The molecule has 0 fully saturated rings. The summed E-state index contributed by atoms with van der Waals surface area (Å²) in [6.07, 6.45) is 0. The Morgan fingerprint density at radius 2 is 2.15 bits per heavy atom. The summed E-state index contributed by atoms with van der Waals surface area (Å²) in [7, 11) is 0. The molecule has 0 spiro atoms. The van der Waals surface area contributed by atoms with Crippen molar-refractivity contribution in [3.8, 4) is 5.13 Å². The highest BCUT2D eigenvalue weighted by Gasteiger charge is 2.31. The van der Waals surface area contributed by atoms with Crippen LogP contribution in [-0.4, -0.2) is 26.4 Å². The van der Waals surface area contributed by atoms with E-state index in [4.69, 9.17) is 10.1 Å². The van der Waals surface area contributed by atoms with Crippen molar-refractivity contribution in [2.24, 2.45) is 0 Å². The van der Waals surface area contributed by atoms with Gasteiger partial charge in [0.15, 0.2) is 0 Å². The fraction of sp³-hybridized carbons (Fsp3) is 0.167. The number of para-hydroxylation sites is 1. The molecular weight excluding hydrogens is 384 g/mol. The Bertz CT molecular complexity index is 1080. The number of aromatic nitrogens is 3.